The van der Waals surface area contributed by atoms with Gasteiger partial charge in [-0.25, -0.2) is 22.4 Å². The maximum Gasteiger partial charge on any atom is 0.355 e. The molecular weight excluding hydrogens is 378 g/mol. The van der Waals surface area contributed by atoms with E-state index in [0.29, 0.717) is 0 Å². The molecule has 0 radical (unpaired) electrons. The fourth-order valence-electron chi connectivity index (χ4n) is 2.99. The first-order valence-corrected chi connectivity index (χ1v) is 8.47. The van der Waals surface area contributed by atoms with E-state index in [2.05, 4.69) is 0 Å². The van der Waals surface area contributed by atoms with Crippen molar-refractivity contribution in [3.8, 4) is 0 Å². The number of carbonyl (C=O) groups is 1. The summed E-state index contributed by atoms with van der Waals surface area (Å²) in [6, 6.07) is 9.60. The molecule has 0 bridgehead atoms. The minimum atomic E-state index is -2.08. The number of aryl methyl sites for hydroxylation is 2. The van der Waals surface area contributed by atoms with Gasteiger partial charge in [0.05, 0.1) is 17.5 Å². The highest BCUT2D eigenvalue weighted by atomic mass is 19.2. The van der Waals surface area contributed by atoms with Crippen molar-refractivity contribution in [3.05, 3.63) is 81.1 Å². The quantitative estimate of drug-likeness (QED) is 0.285. The maximum absolute atomic E-state index is 14.5. The Morgan fingerprint density at radius 3 is 2.29 bits per heavy atom. The second kappa shape index (κ2) is 7.84. The lowest BCUT2D eigenvalue weighted by atomic mass is 10.1. The summed E-state index contributed by atoms with van der Waals surface area (Å²) in [6.07, 6.45) is 0.255. The molecule has 1 heterocycles. The van der Waals surface area contributed by atoms with Crippen LogP contribution in [0.25, 0.3) is 10.9 Å². The number of ether oxygens (including phenoxy) is 1. The standard InChI is InChI=1S/C20H15F4NO3/c1-2-28-20(27)12-10-13(26)14-15(21)16(22)17(23)18(24)19(14)25(12)9-8-11-6-4-3-5-7-11/h3-7,10H,2,8-9H2,1H3. The molecule has 2 aromatic carbocycles. The smallest absolute Gasteiger partial charge is 0.355 e. The van der Waals surface area contributed by atoms with Crippen LogP contribution in [0.15, 0.2) is 41.2 Å². The number of pyridine rings is 1. The summed E-state index contributed by atoms with van der Waals surface area (Å²) in [6.45, 7) is 1.40. The lowest BCUT2D eigenvalue weighted by molar-refractivity contribution is 0.0513. The van der Waals surface area contributed by atoms with E-state index in [9.17, 15) is 27.2 Å². The van der Waals surface area contributed by atoms with E-state index in [1.165, 1.54) is 6.92 Å². The second-order valence-electron chi connectivity index (χ2n) is 5.98. The van der Waals surface area contributed by atoms with Crippen LogP contribution < -0.4 is 5.43 Å². The van der Waals surface area contributed by atoms with Gasteiger partial charge in [-0.3, -0.25) is 4.79 Å². The van der Waals surface area contributed by atoms with Crippen molar-refractivity contribution in [3.63, 3.8) is 0 Å². The number of nitrogens with zero attached hydrogens (tertiary/aromatic N) is 1. The third-order valence-corrected chi connectivity index (χ3v) is 4.27. The zero-order chi connectivity index (χ0) is 20.4. The molecule has 0 fully saturated rings. The number of hydrogen-bond acceptors (Lipinski definition) is 3. The highest BCUT2D eigenvalue weighted by Crippen LogP contribution is 2.26. The van der Waals surface area contributed by atoms with Gasteiger partial charge in [0.15, 0.2) is 28.7 Å². The molecule has 0 N–H and O–H groups in total. The van der Waals surface area contributed by atoms with Crippen LogP contribution in [0.1, 0.15) is 23.0 Å². The van der Waals surface area contributed by atoms with Gasteiger partial charge in [0.2, 0.25) is 0 Å². The summed E-state index contributed by atoms with van der Waals surface area (Å²) in [5, 5.41) is -0.961. The van der Waals surface area contributed by atoms with E-state index in [0.717, 1.165) is 16.2 Å². The Labute approximate surface area is 157 Å². The Morgan fingerprint density at radius 1 is 1.00 bits per heavy atom. The zero-order valence-electron chi connectivity index (χ0n) is 14.8. The molecule has 0 atom stereocenters. The van der Waals surface area contributed by atoms with Gasteiger partial charge >= 0.3 is 5.97 Å². The van der Waals surface area contributed by atoms with Gasteiger partial charge in [-0.1, -0.05) is 30.3 Å². The molecule has 0 saturated heterocycles. The molecule has 3 rings (SSSR count). The summed E-state index contributed by atoms with van der Waals surface area (Å²) >= 11 is 0. The van der Waals surface area contributed by atoms with Crippen LogP contribution in [0.3, 0.4) is 0 Å². The van der Waals surface area contributed by atoms with E-state index in [-0.39, 0.29) is 25.3 Å². The van der Waals surface area contributed by atoms with Crippen LogP contribution in [0.2, 0.25) is 0 Å². The van der Waals surface area contributed by atoms with Crippen molar-refractivity contribution >= 4 is 16.9 Å². The SMILES string of the molecule is CCOC(=O)c1cc(=O)c2c(F)c(F)c(F)c(F)c2n1CCc1ccccc1. The molecule has 0 saturated carbocycles. The molecule has 0 spiro atoms. The Hall–Kier alpha value is -3.16. The summed E-state index contributed by atoms with van der Waals surface area (Å²) in [5.41, 5.74) is -1.54. The van der Waals surface area contributed by atoms with Gasteiger partial charge in [0, 0.05) is 12.6 Å². The van der Waals surface area contributed by atoms with Gasteiger partial charge in [-0.2, -0.15) is 0 Å². The van der Waals surface area contributed by atoms with Gasteiger partial charge in [0.1, 0.15) is 5.69 Å². The van der Waals surface area contributed by atoms with Crippen molar-refractivity contribution in [1.29, 1.82) is 0 Å². The van der Waals surface area contributed by atoms with E-state index < -0.39 is 45.6 Å². The number of aromatic nitrogens is 1. The van der Waals surface area contributed by atoms with Crippen LogP contribution in [-0.4, -0.2) is 17.1 Å². The summed E-state index contributed by atoms with van der Waals surface area (Å²) in [7, 11) is 0. The lowest BCUT2D eigenvalue weighted by Gasteiger charge is -2.17. The molecule has 3 aromatic rings. The molecule has 0 aliphatic rings. The van der Waals surface area contributed by atoms with Crippen molar-refractivity contribution in [2.45, 2.75) is 19.9 Å². The van der Waals surface area contributed by atoms with Crippen molar-refractivity contribution in [1.82, 2.24) is 4.57 Å². The highest BCUT2D eigenvalue weighted by molar-refractivity contribution is 5.92. The maximum atomic E-state index is 14.5. The Balaban J connectivity index is 2.29. The van der Waals surface area contributed by atoms with Crippen molar-refractivity contribution in [2.24, 2.45) is 0 Å². The van der Waals surface area contributed by atoms with Crippen LogP contribution in [-0.2, 0) is 17.7 Å². The number of carbonyl (C=O) groups excluding carboxylic acids is 1. The van der Waals surface area contributed by atoms with Crippen molar-refractivity contribution < 1.29 is 27.1 Å². The lowest BCUT2D eigenvalue weighted by Crippen LogP contribution is -2.23. The average molecular weight is 393 g/mol. The van der Waals surface area contributed by atoms with Crippen molar-refractivity contribution in [2.75, 3.05) is 6.61 Å². The number of benzene rings is 2. The Kier molecular flexibility index (Phi) is 5.48. The normalized spacial score (nSPS) is 11.0. The van der Waals surface area contributed by atoms with Gasteiger partial charge in [-0.05, 0) is 18.9 Å². The molecule has 146 valence electrons. The predicted octanol–water partition coefficient (Wildman–Crippen LogP) is 3.98. The van der Waals surface area contributed by atoms with Crippen LogP contribution >= 0.6 is 0 Å². The minimum absolute atomic E-state index is 0.0294. The Bertz CT molecular complexity index is 1110. The van der Waals surface area contributed by atoms with Gasteiger partial charge in [0.25, 0.3) is 0 Å². The third kappa shape index (κ3) is 3.37. The topological polar surface area (TPSA) is 48.3 Å². The van der Waals surface area contributed by atoms with Gasteiger partial charge in [-0.15, -0.1) is 0 Å². The molecule has 0 amide bonds. The molecule has 0 unspecified atom stereocenters. The molecule has 8 heteroatoms. The molecule has 4 nitrogen and oxygen atoms in total. The molecule has 0 aliphatic carbocycles. The van der Waals surface area contributed by atoms with Crippen LogP contribution in [0.4, 0.5) is 17.6 Å². The second-order valence-corrected chi connectivity index (χ2v) is 5.98. The monoisotopic (exact) mass is 393 g/mol. The largest absolute Gasteiger partial charge is 0.461 e. The van der Waals surface area contributed by atoms with Crippen LogP contribution in [0.5, 0.6) is 0 Å². The average Bonchev–Trinajstić information content (AvgIpc) is 2.69. The fourth-order valence-corrected chi connectivity index (χ4v) is 2.99. The number of hydrogen-bond donors (Lipinski definition) is 0. The Morgan fingerprint density at radius 2 is 1.64 bits per heavy atom. The van der Waals surface area contributed by atoms with E-state index in [4.69, 9.17) is 4.74 Å². The predicted molar refractivity (Wildman–Crippen MR) is 94.1 cm³/mol. The van der Waals surface area contributed by atoms with Gasteiger partial charge < -0.3 is 9.30 Å². The van der Waals surface area contributed by atoms with Crippen LogP contribution in [0, 0.1) is 23.3 Å². The number of halogens is 4. The first-order chi connectivity index (χ1) is 13.4. The molecular formula is C20H15F4NO3. The number of rotatable bonds is 5. The summed E-state index contributed by atoms with van der Waals surface area (Å²) in [5.74, 6) is -8.65. The summed E-state index contributed by atoms with van der Waals surface area (Å²) in [4.78, 5) is 24.5. The number of fused-ring (bicyclic) bond motifs is 1. The molecule has 0 aliphatic heterocycles. The molecule has 28 heavy (non-hydrogen) atoms. The first kappa shape index (κ1) is 19.6. The number of esters is 1. The first-order valence-electron chi connectivity index (χ1n) is 8.47. The molecule has 1 aromatic heterocycles. The fraction of sp³-hybridized carbons (Fsp3) is 0.200. The third-order valence-electron chi connectivity index (χ3n) is 4.27. The summed E-state index contributed by atoms with van der Waals surface area (Å²) < 4.78 is 62.1. The minimum Gasteiger partial charge on any atom is -0.461 e. The highest BCUT2D eigenvalue weighted by Gasteiger charge is 2.27. The zero-order valence-corrected chi connectivity index (χ0v) is 14.8. The van der Waals surface area contributed by atoms with E-state index >= 15 is 0 Å². The van der Waals surface area contributed by atoms with E-state index in [1.54, 1.807) is 30.3 Å². The van der Waals surface area contributed by atoms with E-state index in [1.807, 2.05) is 0 Å².